The lowest BCUT2D eigenvalue weighted by Crippen LogP contribution is -2.31. The highest BCUT2D eigenvalue weighted by molar-refractivity contribution is 7.16. The molecule has 0 aliphatic carbocycles. The van der Waals surface area contributed by atoms with Crippen molar-refractivity contribution in [3.8, 4) is 6.07 Å². The summed E-state index contributed by atoms with van der Waals surface area (Å²) in [5.41, 5.74) is 0.990. The zero-order valence-corrected chi connectivity index (χ0v) is 12.4. The number of fused-ring (bicyclic) bond motifs is 1. The second-order valence-corrected chi connectivity index (χ2v) is 6.31. The number of carbonyl (C=O) groups is 2. The summed E-state index contributed by atoms with van der Waals surface area (Å²) < 4.78 is 5.69. The van der Waals surface area contributed by atoms with Crippen LogP contribution in [0.4, 0.5) is 5.00 Å². The molecule has 1 aliphatic rings. The fraction of sp³-hybridized carbons (Fsp3) is 0.357. The Labute approximate surface area is 125 Å². The molecule has 21 heavy (non-hydrogen) atoms. The molecule has 2 rings (SSSR count). The van der Waals surface area contributed by atoms with Gasteiger partial charge < -0.3 is 15.2 Å². The predicted molar refractivity (Wildman–Crippen MR) is 77.0 cm³/mol. The van der Waals surface area contributed by atoms with Crippen molar-refractivity contribution in [3.05, 3.63) is 28.2 Å². The van der Waals surface area contributed by atoms with Gasteiger partial charge in [0.15, 0.2) is 0 Å². The molecule has 0 aromatic carbocycles. The number of aliphatic carboxylic acids is 1. The van der Waals surface area contributed by atoms with Crippen LogP contribution >= 0.6 is 11.3 Å². The van der Waals surface area contributed by atoms with Crippen molar-refractivity contribution in [2.75, 3.05) is 5.32 Å². The van der Waals surface area contributed by atoms with Gasteiger partial charge >= 0.3 is 5.97 Å². The van der Waals surface area contributed by atoms with E-state index in [4.69, 9.17) is 9.84 Å². The molecule has 0 atom stereocenters. The van der Waals surface area contributed by atoms with E-state index in [-0.39, 0.29) is 5.60 Å². The molecule has 6 nitrogen and oxygen atoms in total. The maximum Gasteiger partial charge on any atom is 0.328 e. The van der Waals surface area contributed by atoms with Gasteiger partial charge in [0.25, 0.3) is 0 Å². The van der Waals surface area contributed by atoms with Crippen LogP contribution in [0.25, 0.3) is 0 Å². The minimum Gasteiger partial charge on any atom is -0.478 e. The van der Waals surface area contributed by atoms with Gasteiger partial charge in [-0.2, -0.15) is 5.26 Å². The van der Waals surface area contributed by atoms with E-state index in [1.807, 2.05) is 13.8 Å². The quantitative estimate of drug-likeness (QED) is 0.833. The number of hydrogen-bond donors (Lipinski definition) is 2. The van der Waals surface area contributed by atoms with Crippen LogP contribution in [0, 0.1) is 11.3 Å². The molecule has 1 aromatic rings. The van der Waals surface area contributed by atoms with Crippen LogP contribution in [0.15, 0.2) is 12.2 Å². The zero-order valence-electron chi connectivity index (χ0n) is 11.6. The summed E-state index contributed by atoms with van der Waals surface area (Å²) in [7, 11) is 0. The lowest BCUT2D eigenvalue weighted by molar-refractivity contribution is -0.131. The average molecular weight is 306 g/mol. The Balaban J connectivity index is 2.27. The number of carboxylic acid groups (broad SMARTS) is 1. The monoisotopic (exact) mass is 306 g/mol. The normalized spacial score (nSPS) is 16.2. The van der Waals surface area contributed by atoms with Crippen molar-refractivity contribution >= 4 is 28.2 Å². The predicted octanol–water partition coefficient (Wildman–Crippen LogP) is 2.05. The first-order chi connectivity index (χ1) is 9.82. The van der Waals surface area contributed by atoms with Crippen LogP contribution in [0.5, 0.6) is 0 Å². The fourth-order valence-corrected chi connectivity index (χ4v) is 3.14. The minimum atomic E-state index is -1.20. The number of ether oxygens (including phenoxy) is 1. The fourth-order valence-electron chi connectivity index (χ4n) is 2.06. The molecule has 1 amide bonds. The van der Waals surface area contributed by atoms with E-state index in [1.54, 1.807) is 0 Å². The molecule has 0 saturated carbocycles. The Morgan fingerprint density at radius 2 is 2.19 bits per heavy atom. The first-order valence-electron chi connectivity index (χ1n) is 6.23. The molecule has 2 heterocycles. The molecule has 110 valence electrons. The number of rotatable bonds is 3. The van der Waals surface area contributed by atoms with Crippen molar-refractivity contribution in [2.24, 2.45) is 0 Å². The van der Waals surface area contributed by atoms with Crippen molar-refractivity contribution < 1.29 is 19.4 Å². The van der Waals surface area contributed by atoms with E-state index in [1.165, 1.54) is 11.3 Å². The third-order valence-corrected chi connectivity index (χ3v) is 4.13. The van der Waals surface area contributed by atoms with Crippen LogP contribution < -0.4 is 5.32 Å². The lowest BCUT2D eigenvalue weighted by atomic mass is 9.93. The largest absolute Gasteiger partial charge is 0.478 e. The number of carboxylic acids is 1. The number of nitriles is 1. The number of hydrogen-bond acceptors (Lipinski definition) is 5. The maximum atomic E-state index is 11.6. The Morgan fingerprint density at radius 1 is 1.48 bits per heavy atom. The van der Waals surface area contributed by atoms with E-state index in [0.717, 1.165) is 22.6 Å². The standard InChI is InChI=1S/C14H14N2O4S/c1-14(2)5-8-9(6-15)13(21-10(8)7-20-14)16-11(17)3-4-12(18)19/h3-4H,5,7H2,1-2H3,(H,16,17)(H,18,19)/b4-3+. The SMILES string of the molecule is CC1(C)Cc2c(sc(NC(=O)/C=C/C(=O)O)c2C#N)CO1. The summed E-state index contributed by atoms with van der Waals surface area (Å²) >= 11 is 1.29. The summed E-state index contributed by atoms with van der Waals surface area (Å²) in [6.07, 6.45) is 2.27. The summed E-state index contributed by atoms with van der Waals surface area (Å²) in [6.45, 7) is 4.30. The van der Waals surface area contributed by atoms with Gasteiger partial charge in [0.1, 0.15) is 11.1 Å². The summed E-state index contributed by atoms with van der Waals surface area (Å²) in [4.78, 5) is 22.9. The first-order valence-corrected chi connectivity index (χ1v) is 7.04. The highest BCUT2D eigenvalue weighted by Gasteiger charge is 2.31. The van der Waals surface area contributed by atoms with Gasteiger partial charge in [0.2, 0.25) is 5.91 Å². The van der Waals surface area contributed by atoms with E-state index >= 15 is 0 Å². The van der Waals surface area contributed by atoms with Crippen molar-refractivity contribution in [3.63, 3.8) is 0 Å². The van der Waals surface area contributed by atoms with Crippen LogP contribution in [0.1, 0.15) is 29.9 Å². The van der Waals surface area contributed by atoms with Gasteiger partial charge in [-0.25, -0.2) is 4.79 Å². The number of nitrogens with one attached hydrogen (secondary N) is 1. The van der Waals surface area contributed by atoms with Crippen LogP contribution in [-0.2, 0) is 27.4 Å². The molecule has 7 heteroatoms. The van der Waals surface area contributed by atoms with Crippen LogP contribution in [0.3, 0.4) is 0 Å². The van der Waals surface area contributed by atoms with Crippen LogP contribution in [-0.4, -0.2) is 22.6 Å². The molecule has 0 unspecified atom stereocenters. The lowest BCUT2D eigenvalue weighted by Gasteiger charge is -2.29. The molecule has 1 aromatic heterocycles. The van der Waals surface area contributed by atoms with Gasteiger partial charge in [-0.15, -0.1) is 11.3 Å². The minimum absolute atomic E-state index is 0.343. The maximum absolute atomic E-state index is 11.6. The Hall–Kier alpha value is -2.17. The third-order valence-electron chi connectivity index (χ3n) is 3.01. The molecule has 0 saturated heterocycles. The summed E-state index contributed by atoms with van der Waals surface area (Å²) in [5.74, 6) is -1.78. The van der Waals surface area contributed by atoms with Crippen LogP contribution in [0.2, 0.25) is 0 Å². The molecule has 0 radical (unpaired) electrons. The number of anilines is 1. The number of thiophene rings is 1. The third kappa shape index (κ3) is 3.48. The van der Waals surface area contributed by atoms with E-state index in [9.17, 15) is 14.9 Å². The Morgan fingerprint density at radius 3 is 2.81 bits per heavy atom. The first kappa shape index (κ1) is 15.2. The van der Waals surface area contributed by atoms with Gasteiger partial charge in [-0.1, -0.05) is 0 Å². The highest BCUT2D eigenvalue weighted by Crippen LogP contribution is 2.39. The van der Waals surface area contributed by atoms with Gasteiger partial charge in [0.05, 0.1) is 17.8 Å². The molecule has 2 N–H and O–H groups in total. The van der Waals surface area contributed by atoms with Gasteiger partial charge in [-0.3, -0.25) is 4.79 Å². The van der Waals surface area contributed by atoms with Gasteiger partial charge in [-0.05, 0) is 19.4 Å². The smallest absolute Gasteiger partial charge is 0.328 e. The number of nitrogens with zero attached hydrogens (tertiary/aromatic N) is 1. The Kier molecular flexibility index (Phi) is 4.11. The van der Waals surface area contributed by atoms with Crippen molar-refractivity contribution in [2.45, 2.75) is 32.5 Å². The molecule has 0 bridgehead atoms. The van der Waals surface area contributed by atoms with Crippen molar-refractivity contribution in [1.29, 1.82) is 5.26 Å². The zero-order chi connectivity index (χ0) is 15.6. The number of amides is 1. The topological polar surface area (TPSA) is 99.4 Å². The average Bonchev–Trinajstić information content (AvgIpc) is 2.71. The van der Waals surface area contributed by atoms with Gasteiger partial charge in [0, 0.05) is 23.5 Å². The molecule has 1 aliphatic heterocycles. The molecule has 0 spiro atoms. The highest BCUT2D eigenvalue weighted by atomic mass is 32.1. The van der Waals surface area contributed by atoms with E-state index in [2.05, 4.69) is 11.4 Å². The summed E-state index contributed by atoms with van der Waals surface area (Å²) in [5, 5.41) is 20.8. The number of carbonyl (C=O) groups excluding carboxylic acids is 1. The Bertz CT molecular complexity index is 667. The second-order valence-electron chi connectivity index (χ2n) is 5.21. The van der Waals surface area contributed by atoms with Crippen molar-refractivity contribution in [1.82, 2.24) is 0 Å². The van der Waals surface area contributed by atoms with E-state index in [0.29, 0.717) is 23.6 Å². The van der Waals surface area contributed by atoms with E-state index < -0.39 is 11.9 Å². The second kappa shape index (κ2) is 5.68. The molecular formula is C14H14N2O4S. The molecule has 0 fully saturated rings. The molecular weight excluding hydrogens is 292 g/mol. The summed E-state index contributed by atoms with van der Waals surface area (Å²) in [6, 6.07) is 2.11.